The summed E-state index contributed by atoms with van der Waals surface area (Å²) >= 11 is 0. The summed E-state index contributed by atoms with van der Waals surface area (Å²) in [4.78, 5) is 13.1. The minimum atomic E-state index is -0.737. The lowest BCUT2D eigenvalue weighted by Crippen LogP contribution is -2.45. The third-order valence-electron chi connectivity index (χ3n) is 4.41. The zero-order chi connectivity index (χ0) is 13.2. The van der Waals surface area contributed by atoms with Crippen molar-refractivity contribution in [2.24, 2.45) is 11.8 Å². The fraction of sp³-hybridized carbons (Fsp3) is 0.923. The molecule has 0 spiro atoms. The quantitative estimate of drug-likeness (QED) is 0.675. The Morgan fingerprint density at radius 3 is 2.44 bits per heavy atom. The maximum Gasteiger partial charge on any atom is 0.306 e. The number of hydrogen-bond acceptors (Lipinski definition) is 4. The van der Waals surface area contributed by atoms with Crippen molar-refractivity contribution < 1.29 is 20.1 Å². The van der Waals surface area contributed by atoms with Crippen molar-refractivity contribution in [1.82, 2.24) is 4.90 Å². The Morgan fingerprint density at radius 2 is 1.94 bits per heavy atom. The van der Waals surface area contributed by atoms with E-state index < -0.39 is 11.6 Å². The van der Waals surface area contributed by atoms with Crippen LogP contribution in [-0.4, -0.2) is 58.0 Å². The second-order valence-electron chi connectivity index (χ2n) is 5.91. The standard InChI is InChI=1S/C13H23NO4/c15-8-10-3-6-14(7-10)9-13(18)4-1-11(2-5-13)12(16)17/h10-11,15,18H,1-9H2,(H,16,17). The van der Waals surface area contributed by atoms with Crippen LogP contribution < -0.4 is 0 Å². The molecular formula is C13H23NO4. The molecule has 0 amide bonds. The highest BCUT2D eigenvalue weighted by atomic mass is 16.4. The van der Waals surface area contributed by atoms with E-state index >= 15 is 0 Å². The maximum absolute atomic E-state index is 10.9. The Balaban J connectivity index is 1.81. The summed E-state index contributed by atoms with van der Waals surface area (Å²) in [5, 5.41) is 28.5. The van der Waals surface area contributed by atoms with E-state index in [1.165, 1.54) is 0 Å². The first-order valence-electron chi connectivity index (χ1n) is 6.81. The molecule has 2 rings (SSSR count). The zero-order valence-corrected chi connectivity index (χ0v) is 10.7. The van der Waals surface area contributed by atoms with Crippen molar-refractivity contribution in [2.75, 3.05) is 26.2 Å². The maximum atomic E-state index is 10.9. The van der Waals surface area contributed by atoms with Crippen molar-refractivity contribution in [3.05, 3.63) is 0 Å². The molecule has 5 nitrogen and oxygen atoms in total. The molecule has 18 heavy (non-hydrogen) atoms. The van der Waals surface area contributed by atoms with Gasteiger partial charge in [-0.2, -0.15) is 0 Å². The summed E-state index contributed by atoms with van der Waals surface area (Å²) < 4.78 is 0. The first kappa shape index (κ1) is 13.8. The van der Waals surface area contributed by atoms with Crippen molar-refractivity contribution in [1.29, 1.82) is 0 Å². The van der Waals surface area contributed by atoms with Crippen LogP contribution in [0.3, 0.4) is 0 Å². The van der Waals surface area contributed by atoms with Crippen molar-refractivity contribution in [2.45, 2.75) is 37.7 Å². The lowest BCUT2D eigenvalue weighted by Gasteiger charge is -2.37. The molecule has 1 aliphatic heterocycles. The molecule has 0 radical (unpaired) electrons. The number of hydrogen-bond donors (Lipinski definition) is 3. The van der Waals surface area contributed by atoms with E-state index in [4.69, 9.17) is 10.2 Å². The summed E-state index contributed by atoms with van der Waals surface area (Å²) in [6.45, 7) is 2.61. The minimum absolute atomic E-state index is 0.218. The van der Waals surface area contributed by atoms with Crippen LogP contribution in [0.5, 0.6) is 0 Å². The molecular weight excluding hydrogens is 234 g/mol. The molecule has 1 saturated heterocycles. The number of aliphatic hydroxyl groups is 2. The van der Waals surface area contributed by atoms with Crippen LogP contribution in [0.4, 0.5) is 0 Å². The Labute approximate surface area is 107 Å². The molecule has 0 aromatic rings. The van der Waals surface area contributed by atoms with Gasteiger partial charge in [0.1, 0.15) is 0 Å². The van der Waals surface area contributed by atoms with Crippen LogP contribution >= 0.6 is 0 Å². The van der Waals surface area contributed by atoms with Crippen LogP contribution in [0.15, 0.2) is 0 Å². The largest absolute Gasteiger partial charge is 0.481 e. The van der Waals surface area contributed by atoms with Gasteiger partial charge in [-0.1, -0.05) is 0 Å². The summed E-state index contributed by atoms with van der Waals surface area (Å²) in [6, 6.07) is 0. The van der Waals surface area contributed by atoms with Gasteiger partial charge in [-0.25, -0.2) is 0 Å². The number of nitrogens with zero attached hydrogens (tertiary/aromatic N) is 1. The molecule has 0 bridgehead atoms. The lowest BCUT2D eigenvalue weighted by atomic mass is 9.78. The molecule has 2 aliphatic rings. The number of likely N-dealkylation sites (tertiary alicyclic amines) is 1. The number of carboxylic acids is 1. The van der Waals surface area contributed by atoms with Gasteiger partial charge in [-0.3, -0.25) is 4.79 Å². The number of carbonyl (C=O) groups is 1. The molecule has 0 aromatic heterocycles. The Bertz CT molecular complexity index is 299. The molecule has 1 atom stereocenters. The Morgan fingerprint density at radius 1 is 1.28 bits per heavy atom. The second-order valence-corrected chi connectivity index (χ2v) is 5.91. The van der Waals surface area contributed by atoms with Crippen molar-refractivity contribution >= 4 is 5.97 Å². The molecule has 104 valence electrons. The van der Waals surface area contributed by atoms with Crippen molar-refractivity contribution in [3.63, 3.8) is 0 Å². The van der Waals surface area contributed by atoms with Gasteiger partial charge in [0.05, 0.1) is 11.5 Å². The smallest absolute Gasteiger partial charge is 0.306 e. The molecule has 5 heteroatoms. The predicted molar refractivity (Wildman–Crippen MR) is 66.2 cm³/mol. The average molecular weight is 257 g/mol. The summed E-state index contributed by atoms with van der Waals surface area (Å²) in [5.41, 5.74) is -0.726. The van der Waals surface area contributed by atoms with E-state index in [2.05, 4.69) is 4.90 Å². The lowest BCUT2D eigenvalue weighted by molar-refractivity contribution is -0.145. The van der Waals surface area contributed by atoms with Crippen LogP contribution in [-0.2, 0) is 4.79 Å². The Kier molecular flexibility index (Phi) is 4.25. The normalized spacial score (nSPS) is 37.9. The molecule has 1 unspecified atom stereocenters. The Hall–Kier alpha value is -0.650. The zero-order valence-electron chi connectivity index (χ0n) is 10.7. The first-order valence-corrected chi connectivity index (χ1v) is 6.81. The number of carboxylic acid groups (broad SMARTS) is 1. The van der Waals surface area contributed by atoms with Gasteiger partial charge < -0.3 is 20.2 Å². The van der Waals surface area contributed by atoms with E-state index in [-0.39, 0.29) is 12.5 Å². The van der Waals surface area contributed by atoms with Crippen LogP contribution in [0.25, 0.3) is 0 Å². The number of aliphatic carboxylic acids is 1. The van der Waals surface area contributed by atoms with Gasteiger partial charge >= 0.3 is 5.97 Å². The fourth-order valence-corrected chi connectivity index (χ4v) is 3.18. The van der Waals surface area contributed by atoms with E-state index in [0.29, 0.717) is 38.1 Å². The first-order chi connectivity index (χ1) is 8.52. The van der Waals surface area contributed by atoms with Gasteiger partial charge in [-0.05, 0) is 44.6 Å². The van der Waals surface area contributed by atoms with Crippen LogP contribution in [0, 0.1) is 11.8 Å². The van der Waals surface area contributed by atoms with Gasteiger partial charge in [0.15, 0.2) is 0 Å². The SMILES string of the molecule is O=C(O)C1CCC(O)(CN2CCC(CO)C2)CC1. The highest BCUT2D eigenvalue weighted by molar-refractivity contribution is 5.70. The van der Waals surface area contributed by atoms with Gasteiger partial charge in [0.25, 0.3) is 0 Å². The monoisotopic (exact) mass is 257 g/mol. The molecule has 1 aliphatic carbocycles. The van der Waals surface area contributed by atoms with Gasteiger partial charge in [-0.15, -0.1) is 0 Å². The highest BCUT2D eigenvalue weighted by Gasteiger charge is 2.38. The second kappa shape index (κ2) is 5.55. The molecule has 2 fully saturated rings. The van der Waals surface area contributed by atoms with E-state index in [1.54, 1.807) is 0 Å². The van der Waals surface area contributed by atoms with Crippen LogP contribution in [0.2, 0.25) is 0 Å². The minimum Gasteiger partial charge on any atom is -0.481 e. The molecule has 1 heterocycles. The summed E-state index contributed by atoms with van der Waals surface area (Å²) in [6.07, 6.45) is 3.28. The topological polar surface area (TPSA) is 81.0 Å². The third-order valence-corrected chi connectivity index (χ3v) is 4.41. The number of β-amino-alcohol motifs (C(OH)–C–C–N with tert-alkyl or cyclic N) is 1. The van der Waals surface area contributed by atoms with Crippen LogP contribution in [0.1, 0.15) is 32.1 Å². The third kappa shape index (κ3) is 3.22. The van der Waals surface area contributed by atoms with E-state index in [1.807, 2.05) is 0 Å². The van der Waals surface area contributed by atoms with Gasteiger partial charge in [0, 0.05) is 19.7 Å². The molecule has 0 aromatic carbocycles. The number of aliphatic hydroxyl groups excluding tert-OH is 1. The van der Waals surface area contributed by atoms with E-state index in [0.717, 1.165) is 19.5 Å². The molecule has 3 N–H and O–H groups in total. The predicted octanol–water partition coefficient (Wildman–Crippen LogP) is 0.306. The fourth-order valence-electron chi connectivity index (χ4n) is 3.18. The molecule has 1 saturated carbocycles. The summed E-state index contributed by atoms with van der Waals surface area (Å²) in [7, 11) is 0. The average Bonchev–Trinajstić information content (AvgIpc) is 2.76. The summed E-state index contributed by atoms with van der Waals surface area (Å²) in [5.74, 6) is -0.684. The van der Waals surface area contributed by atoms with E-state index in [9.17, 15) is 9.90 Å². The van der Waals surface area contributed by atoms with Gasteiger partial charge in [0.2, 0.25) is 0 Å². The van der Waals surface area contributed by atoms with Crippen molar-refractivity contribution in [3.8, 4) is 0 Å². The number of rotatable bonds is 4. The highest BCUT2D eigenvalue weighted by Crippen LogP contribution is 2.33.